The maximum atomic E-state index is 11.6. The van der Waals surface area contributed by atoms with Crippen LogP contribution in [0.5, 0.6) is 0 Å². The summed E-state index contributed by atoms with van der Waals surface area (Å²) in [7, 11) is -3.48. The van der Waals surface area contributed by atoms with E-state index in [1.807, 2.05) is 20.8 Å². The minimum Gasteiger partial charge on any atom is -0.214 e. The number of sulfonamides is 1. The molecule has 0 spiro atoms. The van der Waals surface area contributed by atoms with E-state index in [0.29, 0.717) is 13.0 Å². The van der Waals surface area contributed by atoms with Gasteiger partial charge in [0.25, 0.3) is 0 Å². The summed E-state index contributed by atoms with van der Waals surface area (Å²) in [6.45, 7) is 8.06. The molecule has 0 amide bonds. The van der Waals surface area contributed by atoms with Gasteiger partial charge in [-0.05, 0) is 18.3 Å². The standard InChI is InChI=1S/C10H20N2O2S/c1-5-9(7-11)15(13,14)12-8-10(3,4)6-2/h9,12H,5-6,8H2,1-4H3. The van der Waals surface area contributed by atoms with Gasteiger partial charge >= 0.3 is 0 Å². The van der Waals surface area contributed by atoms with Crippen molar-refractivity contribution in [2.45, 2.75) is 45.8 Å². The molecule has 88 valence electrons. The van der Waals surface area contributed by atoms with E-state index >= 15 is 0 Å². The Morgan fingerprint density at radius 2 is 1.93 bits per heavy atom. The van der Waals surface area contributed by atoms with Crippen LogP contribution < -0.4 is 4.72 Å². The molecule has 0 rings (SSSR count). The van der Waals surface area contributed by atoms with Crippen molar-refractivity contribution >= 4 is 10.0 Å². The molecule has 0 aromatic heterocycles. The normalized spacial score (nSPS) is 14.6. The molecule has 0 radical (unpaired) electrons. The Kier molecular flexibility index (Phi) is 5.26. The van der Waals surface area contributed by atoms with Gasteiger partial charge in [0.05, 0.1) is 6.07 Å². The fraction of sp³-hybridized carbons (Fsp3) is 0.900. The predicted molar refractivity (Wildman–Crippen MR) is 60.7 cm³/mol. The summed E-state index contributed by atoms with van der Waals surface area (Å²) >= 11 is 0. The molecule has 0 aliphatic carbocycles. The summed E-state index contributed by atoms with van der Waals surface area (Å²) in [6, 6.07) is 1.80. The quantitative estimate of drug-likeness (QED) is 0.757. The summed E-state index contributed by atoms with van der Waals surface area (Å²) in [5.41, 5.74) is -0.0686. The number of rotatable bonds is 6. The topological polar surface area (TPSA) is 70.0 Å². The van der Waals surface area contributed by atoms with Gasteiger partial charge in [-0.15, -0.1) is 0 Å². The predicted octanol–water partition coefficient (Wildman–Crippen LogP) is 1.64. The van der Waals surface area contributed by atoms with Crippen LogP contribution in [0.4, 0.5) is 0 Å². The van der Waals surface area contributed by atoms with Gasteiger partial charge in [0, 0.05) is 6.54 Å². The van der Waals surface area contributed by atoms with E-state index in [0.717, 1.165) is 6.42 Å². The zero-order valence-electron chi connectivity index (χ0n) is 9.87. The highest BCUT2D eigenvalue weighted by Gasteiger charge is 2.25. The van der Waals surface area contributed by atoms with Gasteiger partial charge in [-0.25, -0.2) is 13.1 Å². The third kappa shape index (κ3) is 4.63. The molecule has 0 aliphatic heterocycles. The Morgan fingerprint density at radius 1 is 1.40 bits per heavy atom. The molecular formula is C10H20N2O2S. The smallest absolute Gasteiger partial charge is 0.214 e. The minimum atomic E-state index is -3.48. The average Bonchev–Trinajstić information content (AvgIpc) is 2.17. The summed E-state index contributed by atoms with van der Waals surface area (Å²) in [6.07, 6.45) is 1.21. The largest absolute Gasteiger partial charge is 0.227 e. The van der Waals surface area contributed by atoms with E-state index in [-0.39, 0.29) is 5.41 Å². The van der Waals surface area contributed by atoms with Crippen LogP contribution in [0.1, 0.15) is 40.5 Å². The van der Waals surface area contributed by atoms with Crippen LogP contribution >= 0.6 is 0 Å². The van der Waals surface area contributed by atoms with E-state index in [1.54, 1.807) is 13.0 Å². The molecule has 15 heavy (non-hydrogen) atoms. The van der Waals surface area contributed by atoms with Crippen molar-refractivity contribution in [1.82, 2.24) is 4.72 Å². The average molecular weight is 232 g/mol. The first kappa shape index (κ1) is 14.4. The van der Waals surface area contributed by atoms with Gasteiger partial charge in [-0.1, -0.05) is 27.7 Å². The summed E-state index contributed by atoms with van der Waals surface area (Å²) in [4.78, 5) is 0. The van der Waals surface area contributed by atoms with E-state index in [2.05, 4.69) is 4.72 Å². The summed E-state index contributed by atoms with van der Waals surface area (Å²) in [5, 5.41) is 7.74. The lowest BCUT2D eigenvalue weighted by Gasteiger charge is -2.23. The molecule has 0 saturated carbocycles. The van der Waals surface area contributed by atoms with Crippen molar-refractivity contribution in [3.63, 3.8) is 0 Å². The van der Waals surface area contributed by atoms with E-state index in [1.165, 1.54) is 0 Å². The van der Waals surface area contributed by atoms with Crippen molar-refractivity contribution in [2.75, 3.05) is 6.54 Å². The fourth-order valence-corrected chi connectivity index (χ4v) is 2.27. The van der Waals surface area contributed by atoms with Gasteiger partial charge < -0.3 is 0 Å². The van der Waals surface area contributed by atoms with Gasteiger partial charge in [0.1, 0.15) is 0 Å². The number of nitrogens with zero attached hydrogens (tertiary/aromatic N) is 1. The van der Waals surface area contributed by atoms with Gasteiger partial charge in [0.15, 0.2) is 5.25 Å². The van der Waals surface area contributed by atoms with Crippen molar-refractivity contribution in [3.05, 3.63) is 0 Å². The fourth-order valence-electron chi connectivity index (χ4n) is 0.902. The van der Waals surface area contributed by atoms with Crippen LogP contribution in [-0.4, -0.2) is 20.2 Å². The van der Waals surface area contributed by atoms with Crippen LogP contribution in [0.2, 0.25) is 0 Å². The lowest BCUT2D eigenvalue weighted by atomic mass is 9.91. The second-order valence-corrected chi connectivity index (χ2v) is 6.36. The van der Waals surface area contributed by atoms with E-state index < -0.39 is 15.3 Å². The third-order valence-electron chi connectivity index (χ3n) is 2.60. The van der Waals surface area contributed by atoms with Crippen molar-refractivity contribution in [1.29, 1.82) is 5.26 Å². The molecule has 0 aliphatic rings. The van der Waals surface area contributed by atoms with Crippen LogP contribution in [0.15, 0.2) is 0 Å². The Balaban J connectivity index is 4.49. The highest BCUT2D eigenvalue weighted by atomic mass is 32.2. The first-order valence-corrected chi connectivity index (χ1v) is 6.71. The first-order chi connectivity index (χ1) is 6.79. The van der Waals surface area contributed by atoms with E-state index in [4.69, 9.17) is 5.26 Å². The maximum Gasteiger partial charge on any atom is 0.227 e. The van der Waals surface area contributed by atoms with Gasteiger partial charge in [-0.2, -0.15) is 5.26 Å². The monoisotopic (exact) mass is 232 g/mol. The zero-order chi connectivity index (χ0) is 12.1. The molecule has 0 aromatic carbocycles. The summed E-state index contributed by atoms with van der Waals surface area (Å²) in [5.74, 6) is 0. The number of hydrogen-bond donors (Lipinski definition) is 1. The highest BCUT2D eigenvalue weighted by Crippen LogP contribution is 2.18. The van der Waals surface area contributed by atoms with E-state index in [9.17, 15) is 8.42 Å². The SMILES string of the molecule is CCC(C#N)S(=O)(=O)NCC(C)(C)CC. The second-order valence-electron chi connectivity index (χ2n) is 4.41. The van der Waals surface area contributed by atoms with Gasteiger partial charge in [0.2, 0.25) is 10.0 Å². The Labute approximate surface area is 92.7 Å². The first-order valence-electron chi connectivity index (χ1n) is 5.17. The molecule has 1 N–H and O–H groups in total. The lowest BCUT2D eigenvalue weighted by Crippen LogP contribution is -2.38. The molecule has 0 heterocycles. The van der Waals surface area contributed by atoms with Crippen molar-refractivity contribution < 1.29 is 8.42 Å². The molecule has 4 nitrogen and oxygen atoms in total. The molecule has 1 atom stereocenters. The number of hydrogen-bond acceptors (Lipinski definition) is 3. The zero-order valence-corrected chi connectivity index (χ0v) is 10.7. The Morgan fingerprint density at radius 3 is 2.27 bits per heavy atom. The van der Waals surface area contributed by atoms with Crippen molar-refractivity contribution in [2.24, 2.45) is 5.41 Å². The van der Waals surface area contributed by atoms with Gasteiger partial charge in [-0.3, -0.25) is 0 Å². The molecule has 1 unspecified atom stereocenters. The number of nitriles is 1. The van der Waals surface area contributed by atoms with Crippen LogP contribution in [0.25, 0.3) is 0 Å². The molecular weight excluding hydrogens is 212 g/mol. The molecule has 5 heteroatoms. The van der Waals surface area contributed by atoms with Crippen LogP contribution in [0.3, 0.4) is 0 Å². The molecule has 0 saturated heterocycles. The lowest BCUT2D eigenvalue weighted by molar-refractivity contribution is 0.349. The minimum absolute atomic E-state index is 0.0686. The molecule has 0 fully saturated rings. The maximum absolute atomic E-state index is 11.6. The third-order valence-corrected chi connectivity index (χ3v) is 4.33. The number of nitrogens with one attached hydrogen (secondary N) is 1. The highest BCUT2D eigenvalue weighted by molar-refractivity contribution is 7.90. The molecule has 0 bridgehead atoms. The second kappa shape index (κ2) is 5.47. The van der Waals surface area contributed by atoms with Crippen molar-refractivity contribution in [3.8, 4) is 6.07 Å². The Bertz CT molecular complexity index is 328. The summed E-state index contributed by atoms with van der Waals surface area (Å²) < 4.78 is 25.7. The molecule has 0 aromatic rings. The Hall–Kier alpha value is -0.600. The van der Waals surface area contributed by atoms with Crippen LogP contribution in [-0.2, 0) is 10.0 Å². The van der Waals surface area contributed by atoms with Crippen LogP contribution in [0, 0.1) is 16.7 Å².